The number of hydrogen-bond acceptors (Lipinski definition) is 1. The van der Waals surface area contributed by atoms with E-state index in [4.69, 9.17) is 0 Å². The molecule has 1 unspecified atom stereocenters. The molecule has 0 rings (SSSR count). The van der Waals surface area contributed by atoms with Crippen LogP contribution in [-0.2, 0) is 0 Å². The van der Waals surface area contributed by atoms with Crippen molar-refractivity contribution in [3.05, 3.63) is 0 Å². The zero-order chi connectivity index (χ0) is 9.23. The molecule has 74 valence electrons. The molecule has 12 heavy (non-hydrogen) atoms. The second kappa shape index (κ2) is 9.91. The van der Waals surface area contributed by atoms with E-state index >= 15 is 0 Å². The van der Waals surface area contributed by atoms with Crippen LogP contribution in [0.5, 0.6) is 0 Å². The van der Waals surface area contributed by atoms with Crippen LogP contribution >= 0.6 is 27.7 Å². The van der Waals surface area contributed by atoms with E-state index in [0.717, 1.165) is 4.83 Å². The Morgan fingerprint density at radius 2 is 1.92 bits per heavy atom. The van der Waals surface area contributed by atoms with E-state index < -0.39 is 0 Å². The van der Waals surface area contributed by atoms with Gasteiger partial charge in [0.15, 0.2) is 0 Å². The van der Waals surface area contributed by atoms with Crippen molar-refractivity contribution >= 4 is 27.7 Å². The molecule has 2 heteroatoms. The van der Waals surface area contributed by atoms with Gasteiger partial charge in [-0.3, -0.25) is 0 Å². The van der Waals surface area contributed by atoms with E-state index in [0.29, 0.717) is 0 Å². The number of thioether (sulfide) groups is 1. The fourth-order valence-electron chi connectivity index (χ4n) is 1.10. The minimum atomic E-state index is 0.760. The maximum atomic E-state index is 3.65. The zero-order valence-electron chi connectivity index (χ0n) is 8.31. The summed E-state index contributed by atoms with van der Waals surface area (Å²) in [5.74, 6) is 2.63. The van der Waals surface area contributed by atoms with Gasteiger partial charge in [-0.25, -0.2) is 0 Å². The number of unbranched alkanes of at least 4 members (excludes halogenated alkanes) is 2. The van der Waals surface area contributed by atoms with Crippen LogP contribution in [0.25, 0.3) is 0 Å². The number of alkyl halides is 1. The van der Waals surface area contributed by atoms with Crippen molar-refractivity contribution in [2.24, 2.45) is 0 Å². The van der Waals surface area contributed by atoms with Gasteiger partial charge in [0.2, 0.25) is 0 Å². The standard InChI is InChI=1S/C10H21BrS/c1-3-10(11)8-6-5-7-9-12-4-2/h10H,3-9H2,1-2H3. The number of halogens is 1. The van der Waals surface area contributed by atoms with E-state index in [1.807, 2.05) is 0 Å². The quantitative estimate of drug-likeness (QED) is 0.454. The third-order valence-electron chi connectivity index (χ3n) is 1.95. The average molecular weight is 253 g/mol. The summed E-state index contributed by atoms with van der Waals surface area (Å²) in [5.41, 5.74) is 0. The van der Waals surface area contributed by atoms with Gasteiger partial charge in [-0.15, -0.1) is 0 Å². The summed E-state index contributed by atoms with van der Waals surface area (Å²) in [6, 6.07) is 0. The molecular weight excluding hydrogens is 232 g/mol. The van der Waals surface area contributed by atoms with Gasteiger partial charge in [0.25, 0.3) is 0 Å². The smallest absolute Gasteiger partial charge is 0.0143 e. The first kappa shape index (κ1) is 12.8. The molecule has 1 atom stereocenters. The van der Waals surface area contributed by atoms with Crippen molar-refractivity contribution in [3.8, 4) is 0 Å². The van der Waals surface area contributed by atoms with E-state index in [9.17, 15) is 0 Å². The topological polar surface area (TPSA) is 0 Å². The lowest BCUT2D eigenvalue weighted by atomic mass is 10.1. The molecule has 0 aromatic heterocycles. The van der Waals surface area contributed by atoms with Gasteiger partial charge in [-0.2, -0.15) is 11.8 Å². The highest BCUT2D eigenvalue weighted by atomic mass is 79.9. The van der Waals surface area contributed by atoms with E-state index in [-0.39, 0.29) is 0 Å². The highest BCUT2D eigenvalue weighted by molar-refractivity contribution is 9.09. The first-order chi connectivity index (χ1) is 5.81. The lowest BCUT2D eigenvalue weighted by Gasteiger charge is -2.05. The van der Waals surface area contributed by atoms with Crippen molar-refractivity contribution in [2.45, 2.75) is 50.8 Å². The summed E-state index contributed by atoms with van der Waals surface area (Å²) in [7, 11) is 0. The molecular formula is C10H21BrS. The van der Waals surface area contributed by atoms with Crippen LogP contribution in [-0.4, -0.2) is 16.3 Å². The summed E-state index contributed by atoms with van der Waals surface area (Å²) in [5, 5.41) is 0. The van der Waals surface area contributed by atoms with Gasteiger partial charge in [-0.05, 0) is 30.8 Å². The first-order valence-corrected chi connectivity index (χ1v) is 7.10. The molecule has 0 aliphatic rings. The van der Waals surface area contributed by atoms with Gasteiger partial charge >= 0.3 is 0 Å². The Bertz CT molecular complexity index is 85.9. The summed E-state index contributed by atoms with van der Waals surface area (Å²) in [6.45, 7) is 4.47. The lowest BCUT2D eigenvalue weighted by molar-refractivity contribution is 0.644. The van der Waals surface area contributed by atoms with Crippen molar-refractivity contribution in [1.82, 2.24) is 0 Å². The number of rotatable bonds is 8. The highest BCUT2D eigenvalue weighted by Gasteiger charge is 1.99. The van der Waals surface area contributed by atoms with Gasteiger partial charge in [0.1, 0.15) is 0 Å². The molecule has 0 amide bonds. The van der Waals surface area contributed by atoms with E-state index in [2.05, 4.69) is 41.5 Å². The van der Waals surface area contributed by atoms with E-state index in [1.54, 1.807) is 0 Å². The Balaban J connectivity index is 2.90. The normalized spacial score (nSPS) is 13.2. The molecule has 0 aliphatic carbocycles. The van der Waals surface area contributed by atoms with Crippen molar-refractivity contribution in [2.75, 3.05) is 11.5 Å². The first-order valence-electron chi connectivity index (χ1n) is 5.03. The Morgan fingerprint density at radius 3 is 2.50 bits per heavy atom. The molecule has 0 spiro atoms. The monoisotopic (exact) mass is 252 g/mol. The summed E-state index contributed by atoms with van der Waals surface area (Å²) in [6.07, 6.45) is 6.84. The second-order valence-corrected chi connectivity index (χ2v) is 5.74. The molecule has 0 bridgehead atoms. The fourth-order valence-corrected chi connectivity index (χ4v) is 2.12. The molecule has 0 N–H and O–H groups in total. The molecule has 0 fully saturated rings. The lowest BCUT2D eigenvalue weighted by Crippen LogP contribution is -1.94. The molecule has 0 heterocycles. The Hall–Kier alpha value is 0.830. The summed E-state index contributed by atoms with van der Waals surface area (Å²) >= 11 is 5.72. The van der Waals surface area contributed by atoms with Crippen molar-refractivity contribution in [1.29, 1.82) is 0 Å². The van der Waals surface area contributed by atoms with Gasteiger partial charge in [0.05, 0.1) is 0 Å². The maximum Gasteiger partial charge on any atom is 0.0143 e. The molecule has 0 nitrogen and oxygen atoms in total. The van der Waals surface area contributed by atoms with E-state index in [1.165, 1.54) is 43.6 Å². The van der Waals surface area contributed by atoms with Gasteiger partial charge in [0, 0.05) is 4.83 Å². The van der Waals surface area contributed by atoms with Crippen LogP contribution in [0.1, 0.15) is 46.0 Å². The minimum absolute atomic E-state index is 0.760. The predicted octanol–water partition coefficient (Wildman–Crippen LogP) is 4.47. The largest absolute Gasteiger partial charge is 0.162 e. The summed E-state index contributed by atoms with van der Waals surface area (Å²) < 4.78 is 0. The van der Waals surface area contributed by atoms with Crippen molar-refractivity contribution in [3.63, 3.8) is 0 Å². The number of hydrogen-bond donors (Lipinski definition) is 0. The van der Waals surface area contributed by atoms with Crippen LogP contribution < -0.4 is 0 Å². The zero-order valence-corrected chi connectivity index (χ0v) is 10.7. The van der Waals surface area contributed by atoms with Crippen LogP contribution in [0.2, 0.25) is 0 Å². The molecule has 0 aromatic carbocycles. The highest BCUT2D eigenvalue weighted by Crippen LogP contribution is 2.14. The molecule has 0 saturated carbocycles. The fraction of sp³-hybridized carbons (Fsp3) is 1.00. The van der Waals surface area contributed by atoms with Crippen molar-refractivity contribution < 1.29 is 0 Å². The van der Waals surface area contributed by atoms with Crippen LogP contribution in [0.3, 0.4) is 0 Å². The Labute approximate surface area is 90.0 Å². The minimum Gasteiger partial charge on any atom is -0.162 e. The molecule has 0 aromatic rings. The predicted molar refractivity (Wildman–Crippen MR) is 64.5 cm³/mol. The average Bonchev–Trinajstić information content (AvgIpc) is 2.10. The summed E-state index contributed by atoms with van der Waals surface area (Å²) in [4.78, 5) is 0.760. The SMILES string of the molecule is CCSCCCCCC(Br)CC. The van der Waals surface area contributed by atoms with Crippen LogP contribution in [0.15, 0.2) is 0 Å². The third kappa shape index (κ3) is 8.92. The molecule has 0 saturated heterocycles. The molecule has 0 radical (unpaired) electrons. The maximum absolute atomic E-state index is 3.65. The van der Waals surface area contributed by atoms with Crippen LogP contribution in [0.4, 0.5) is 0 Å². The van der Waals surface area contributed by atoms with Crippen LogP contribution in [0, 0.1) is 0 Å². The Morgan fingerprint density at radius 1 is 1.17 bits per heavy atom. The molecule has 0 aliphatic heterocycles. The van der Waals surface area contributed by atoms with Gasteiger partial charge < -0.3 is 0 Å². The second-order valence-electron chi connectivity index (χ2n) is 3.05. The third-order valence-corrected chi connectivity index (χ3v) is 4.04. The Kier molecular flexibility index (Phi) is 10.6. The van der Waals surface area contributed by atoms with Gasteiger partial charge in [-0.1, -0.05) is 42.6 Å².